The molecule has 778 valence electrons. The van der Waals surface area contributed by atoms with Gasteiger partial charge in [-0.05, 0) is 132 Å². The van der Waals surface area contributed by atoms with E-state index in [1.54, 1.807) is 103 Å². The molecule has 4 saturated heterocycles. The van der Waals surface area contributed by atoms with Crippen molar-refractivity contribution in [3.05, 3.63) is 0 Å². The van der Waals surface area contributed by atoms with Crippen molar-refractivity contribution in [2.75, 3.05) is 153 Å². The lowest BCUT2D eigenvalue weighted by molar-refractivity contribution is -0.148. The second kappa shape index (κ2) is 64.6. The number of nitrogens with one attached hydrogen (secondary N) is 7. The molecule has 8 fully saturated rings. The van der Waals surface area contributed by atoms with Crippen molar-refractivity contribution < 1.29 is 130 Å². The maximum atomic E-state index is 13.3. The standard InChI is InChI=1S/C24H41N3O7.C23H40N4O6.C23H38N4O5.C15H25NO4.C9H18N2O4.CH3F/c1-24(2,3)34-23(31)25-16-19(22(30)32-4)26-21(29)18(14-17-8-6-5-7-9-17)15-20(28)27-10-12-33-13-11-27;1-23(2,3)33-22(31)25-15-18(20(24)29)26-21(30)17(13-16-7-5-4-6-8-16)14-19(28)27-9-11-32-12-10-27;1-23(2,3)32-22(30)25-16-19(15-24)26-21(29)18(13-17-7-5-4-6-8-17)14-20(28)27-9-11-31-12-10-27;17-14(16-6-8-20-9-7-16)11-13(15(18)19)10-12-4-2-1-3-5-12;1-9(2,3)15-8(13)11-5-6(10)7(12)14-4;1-2/h17-19H,5-16H2,1-4H3,(H,25,31)(H,26,29);16-18H,4-15H2,1-3H3,(H2,24,29)(H,25,31)(H,26,30);17-19H,4-14,16H2,1-3H3,(H,25,30)(H,26,29);12-13H,1-11H2,(H,18,19);6H,5,10H2,1-4H3,(H,11,13);1H3/t18-,19+;17-,18+;18-,19-;13-;6-;/m11110./s1/i;;;;;1D. The Morgan fingerprint density at radius 1 is 0.397 bits per heavy atom. The Morgan fingerprint density at radius 3 is 0.897 bits per heavy atom. The SMILES string of the molecule is CC(C)(C)OC(=O)NC[C@@H](C#N)NC(=O)[C@@H](CC(=O)N1CCOCC1)CC1CCCCC1.CC(C)(C)OC(=O)NC[C@H](NC(=O)[C@@H](CC(=O)N1CCOCC1)CC1CCCCC1)C(N)=O.COC(=O)[C@@H](N)CNC(=O)OC(C)(C)C.COC(=O)[C@H](CNC(=O)OC(C)(C)C)NC(=O)[C@@H](CC(=O)N1CCOCC1)CC1CCCCC1.O=C(O)[C@@H](CC(=O)N1CCOCC1)CC1CCCCC1.[2H]CF. The molecular formula is C95H165FN14O26. The molecule has 0 aromatic rings. The molecule has 41 heteroatoms. The second-order valence-corrected chi connectivity index (χ2v) is 39.8. The third kappa shape index (κ3) is 53.4. The number of amides is 12. The van der Waals surface area contributed by atoms with Crippen molar-refractivity contribution >= 4 is 89.5 Å². The van der Waals surface area contributed by atoms with Crippen molar-refractivity contribution in [2.24, 2.45) is 58.8 Å². The number of hydrogen-bond donors (Lipinski definition) is 10. The highest BCUT2D eigenvalue weighted by molar-refractivity contribution is 5.92. The van der Waals surface area contributed by atoms with Crippen LogP contribution in [0, 0.1) is 58.7 Å². The van der Waals surface area contributed by atoms with Gasteiger partial charge >= 0.3 is 42.3 Å². The number of esters is 2. The lowest BCUT2D eigenvalue weighted by Crippen LogP contribution is -2.53. The van der Waals surface area contributed by atoms with E-state index in [2.05, 4.69) is 42.0 Å². The number of aliphatic carboxylic acids is 1. The first-order chi connectivity index (χ1) is 64.6. The van der Waals surface area contributed by atoms with Gasteiger partial charge in [0.05, 0.1) is 107 Å². The molecule has 8 rings (SSSR count). The Labute approximate surface area is 805 Å². The van der Waals surface area contributed by atoms with Gasteiger partial charge in [-0.1, -0.05) is 128 Å². The Morgan fingerprint density at radius 2 is 0.640 bits per heavy atom. The summed E-state index contributed by atoms with van der Waals surface area (Å²) in [6.45, 7) is 28.8. The first-order valence-electron chi connectivity index (χ1n) is 49.2. The van der Waals surface area contributed by atoms with Crippen LogP contribution in [0.5, 0.6) is 0 Å². The monoisotopic (exact) mass is 1940 g/mol. The van der Waals surface area contributed by atoms with Crippen LogP contribution < -0.4 is 48.7 Å². The van der Waals surface area contributed by atoms with Crippen LogP contribution in [0.1, 0.15) is 264 Å². The zero-order chi connectivity index (χ0) is 102. The summed E-state index contributed by atoms with van der Waals surface area (Å²) in [7, 11) is 1.45. The number of morpholine rings is 4. The number of carbonyl (C=O) groups is 15. The van der Waals surface area contributed by atoms with E-state index >= 15 is 0 Å². The number of hydrogen-bond acceptors (Lipinski definition) is 27. The summed E-state index contributed by atoms with van der Waals surface area (Å²) in [6.07, 6.45) is 22.8. The average molecular weight is 1940 g/mol. The predicted octanol–water partition coefficient (Wildman–Crippen LogP) is 8.18. The van der Waals surface area contributed by atoms with Crippen LogP contribution in [-0.2, 0) is 100 Å². The molecule has 0 unspecified atom stereocenters. The van der Waals surface area contributed by atoms with E-state index in [-0.39, 0.29) is 87.3 Å². The Kier molecular flexibility index (Phi) is 56.4. The number of nitrogens with zero attached hydrogens (tertiary/aromatic N) is 5. The molecular weight excluding hydrogens is 1770 g/mol. The quantitative estimate of drug-likeness (QED) is 0.0214. The molecule has 12 amide bonds. The predicted molar refractivity (Wildman–Crippen MR) is 501 cm³/mol. The van der Waals surface area contributed by atoms with E-state index in [1.165, 1.54) is 52.7 Å². The van der Waals surface area contributed by atoms with Crippen molar-refractivity contribution in [1.82, 2.24) is 56.8 Å². The molecule has 8 aliphatic rings. The van der Waals surface area contributed by atoms with Crippen LogP contribution in [0.3, 0.4) is 0 Å². The van der Waals surface area contributed by atoms with Crippen LogP contribution in [0.4, 0.5) is 23.6 Å². The first-order valence-corrected chi connectivity index (χ1v) is 48.5. The molecule has 0 aromatic carbocycles. The summed E-state index contributed by atoms with van der Waals surface area (Å²) in [6, 6.07) is -1.95. The number of alkyl halides is 1. The first kappa shape index (κ1) is 119. The number of carboxylic acids is 1. The van der Waals surface area contributed by atoms with Crippen molar-refractivity contribution in [2.45, 2.75) is 309 Å². The highest BCUT2D eigenvalue weighted by Crippen LogP contribution is 2.35. The summed E-state index contributed by atoms with van der Waals surface area (Å²) >= 11 is 0. The van der Waals surface area contributed by atoms with Gasteiger partial charge in [-0.15, -0.1) is 0 Å². The number of ether oxygens (including phenoxy) is 10. The minimum absolute atomic E-state index is 0.0123. The molecule has 4 saturated carbocycles. The van der Waals surface area contributed by atoms with Crippen molar-refractivity contribution in [1.29, 1.82) is 5.26 Å². The van der Waals surface area contributed by atoms with E-state index in [0.717, 1.165) is 89.9 Å². The zero-order valence-electron chi connectivity index (χ0n) is 84.5. The summed E-state index contributed by atoms with van der Waals surface area (Å²) in [5.41, 5.74) is 8.25. The number of primary amides is 1. The molecule has 8 atom stereocenters. The maximum absolute atomic E-state index is 13.3. The lowest BCUT2D eigenvalue weighted by Gasteiger charge is -2.30. The minimum atomic E-state index is -1.10. The number of methoxy groups -OCH3 is 2. The summed E-state index contributed by atoms with van der Waals surface area (Å²) in [5.74, 6) is -4.67. The largest absolute Gasteiger partial charge is 0.481 e. The highest BCUT2D eigenvalue weighted by Gasteiger charge is 2.38. The molecule has 4 aliphatic heterocycles. The molecule has 12 N–H and O–H groups in total. The van der Waals surface area contributed by atoms with E-state index in [9.17, 15) is 86.7 Å². The zero-order valence-corrected chi connectivity index (χ0v) is 83.5. The third-order valence-corrected chi connectivity index (χ3v) is 23.8. The molecule has 0 spiro atoms. The van der Waals surface area contributed by atoms with Crippen LogP contribution in [0.25, 0.3) is 0 Å². The fraction of sp³-hybridized carbons (Fsp3) is 0.832. The van der Waals surface area contributed by atoms with Crippen molar-refractivity contribution in [3.8, 4) is 6.07 Å². The number of nitrogens with two attached hydrogens (primary N) is 2. The molecule has 0 aromatic heterocycles. The van der Waals surface area contributed by atoms with Crippen LogP contribution in [0.15, 0.2) is 0 Å². The number of carbonyl (C=O) groups excluding carboxylic acids is 14. The van der Waals surface area contributed by atoms with E-state index in [1.807, 2.05) is 6.07 Å². The molecule has 136 heavy (non-hydrogen) atoms. The summed E-state index contributed by atoms with van der Waals surface area (Å²) in [4.78, 5) is 191. The molecule has 0 bridgehead atoms. The number of halogens is 1. The summed E-state index contributed by atoms with van der Waals surface area (Å²) < 4.78 is 66.3. The van der Waals surface area contributed by atoms with Gasteiger partial charge in [0.2, 0.25) is 47.3 Å². The molecule has 0 radical (unpaired) electrons. The van der Waals surface area contributed by atoms with Gasteiger partial charge in [-0.25, -0.2) is 24.0 Å². The maximum Gasteiger partial charge on any atom is 0.407 e. The van der Waals surface area contributed by atoms with E-state index < -0.39 is 131 Å². The van der Waals surface area contributed by atoms with Gasteiger partial charge in [-0.3, -0.25) is 52.3 Å². The number of carboxylic acid groups (broad SMARTS) is 1. The fourth-order valence-electron chi connectivity index (χ4n) is 16.8. The van der Waals surface area contributed by atoms with Crippen molar-refractivity contribution in [3.63, 3.8) is 0 Å². The molecule has 4 heterocycles. The van der Waals surface area contributed by atoms with Gasteiger partial charge < -0.3 is 121 Å². The van der Waals surface area contributed by atoms with Gasteiger partial charge in [0.1, 0.15) is 46.6 Å². The Balaban J connectivity index is 0.000000448. The smallest absolute Gasteiger partial charge is 0.407 e. The Hall–Kier alpha value is -9.53. The highest BCUT2D eigenvalue weighted by atomic mass is 19.1. The Bertz CT molecular complexity index is 3700. The topological polar surface area (TPSA) is 542 Å². The van der Waals surface area contributed by atoms with Gasteiger partial charge in [-0.2, -0.15) is 5.26 Å². The van der Waals surface area contributed by atoms with E-state index in [0.29, 0.717) is 155 Å². The lowest BCUT2D eigenvalue weighted by atomic mass is 9.81. The second-order valence-electron chi connectivity index (χ2n) is 39.8. The van der Waals surface area contributed by atoms with Crippen LogP contribution in [0.2, 0.25) is 0 Å². The normalized spacial score (nSPS) is 18.9. The van der Waals surface area contributed by atoms with Crippen LogP contribution >= 0.6 is 0 Å². The van der Waals surface area contributed by atoms with Gasteiger partial charge in [0, 0.05) is 102 Å². The number of rotatable bonds is 34. The number of nitriles is 1. The van der Waals surface area contributed by atoms with Gasteiger partial charge in [0.15, 0.2) is 0 Å². The van der Waals surface area contributed by atoms with E-state index in [4.69, 9.17) is 55.5 Å². The average Bonchev–Trinajstić information content (AvgIpc) is 0.869. The summed E-state index contributed by atoms with van der Waals surface area (Å²) in [5, 5.41) is 36.8. The van der Waals surface area contributed by atoms with Crippen LogP contribution in [-0.4, -0.2) is 314 Å². The molecule has 40 nitrogen and oxygen atoms in total. The van der Waals surface area contributed by atoms with Gasteiger partial charge in [0.25, 0.3) is 0 Å². The minimum Gasteiger partial charge on any atom is -0.481 e. The number of alkyl carbamates (subject to hydrolysis) is 4. The third-order valence-electron chi connectivity index (χ3n) is 23.8. The molecule has 4 aliphatic carbocycles. The fourth-order valence-corrected chi connectivity index (χ4v) is 16.8.